The fourth-order valence-electron chi connectivity index (χ4n) is 4.17. The van der Waals surface area contributed by atoms with Crippen LogP contribution in [0.2, 0.25) is 0 Å². The molecule has 3 aromatic carbocycles. The Morgan fingerprint density at radius 1 is 1.00 bits per heavy atom. The van der Waals surface area contributed by atoms with E-state index in [1.54, 1.807) is 18.2 Å². The monoisotopic (exact) mass is 465 g/mol. The van der Waals surface area contributed by atoms with Crippen LogP contribution in [-0.2, 0) is 19.5 Å². The van der Waals surface area contributed by atoms with Gasteiger partial charge < -0.3 is 10.1 Å². The summed E-state index contributed by atoms with van der Waals surface area (Å²) >= 11 is 1.50. The number of anilines is 1. The third kappa shape index (κ3) is 4.72. The van der Waals surface area contributed by atoms with Crippen molar-refractivity contribution in [3.8, 4) is 17.6 Å². The molecule has 0 bridgehead atoms. The first-order chi connectivity index (χ1) is 16.7. The number of thiophene rings is 1. The second kappa shape index (κ2) is 9.92. The molecule has 0 spiro atoms. The van der Waals surface area contributed by atoms with Crippen LogP contribution in [0.3, 0.4) is 0 Å². The summed E-state index contributed by atoms with van der Waals surface area (Å²) in [7, 11) is 0. The van der Waals surface area contributed by atoms with Crippen LogP contribution in [0.15, 0.2) is 84.9 Å². The maximum Gasteiger partial charge on any atom is 0.260 e. The number of fused-ring (bicyclic) bond motifs is 1. The van der Waals surface area contributed by atoms with E-state index in [1.807, 2.05) is 42.5 Å². The number of nitrogens with zero attached hydrogens (tertiary/aromatic N) is 2. The zero-order valence-electron chi connectivity index (χ0n) is 18.5. The van der Waals surface area contributed by atoms with E-state index in [9.17, 15) is 10.1 Å². The van der Waals surface area contributed by atoms with Crippen LogP contribution < -0.4 is 10.1 Å². The summed E-state index contributed by atoms with van der Waals surface area (Å²) in [4.78, 5) is 16.7. The molecule has 0 atom stereocenters. The quantitative estimate of drug-likeness (QED) is 0.367. The Balaban J connectivity index is 1.35. The standard InChI is InChI=1S/C28H23N3O2S/c29-17-24-22-15-16-31(18-20-9-3-1-4-10-20)19-26(22)34-28(24)30-27(32)23-13-7-8-14-25(23)33-21-11-5-2-6-12-21/h1-14H,15-16,18-19H2,(H,30,32). The van der Waals surface area contributed by atoms with Gasteiger partial charge in [0.1, 0.15) is 22.6 Å². The average Bonchev–Trinajstić information content (AvgIpc) is 3.21. The summed E-state index contributed by atoms with van der Waals surface area (Å²) in [5, 5.41) is 13.5. The molecule has 1 N–H and O–H groups in total. The third-order valence-corrected chi connectivity index (χ3v) is 6.96. The summed E-state index contributed by atoms with van der Waals surface area (Å²) in [6.45, 7) is 2.52. The Bertz CT molecular complexity index is 1340. The van der Waals surface area contributed by atoms with Crippen LogP contribution in [0.5, 0.6) is 11.5 Å². The number of carbonyl (C=O) groups excluding carboxylic acids is 1. The topological polar surface area (TPSA) is 65.4 Å². The molecule has 0 aliphatic carbocycles. The van der Waals surface area contributed by atoms with Gasteiger partial charge in [-0.05, 0) is 41.8 Å². The number of nitriles is 1. The molecule has 1 aliphatic rings. The lowest BCUT2D eigenvalue weighted by atomic mass is 10.0. The molecular formula is C28H23N3O2S. The molecule has 1 aromatic heterocycles. The summed E-state index contributed by atoms with van der Waals surface area (Å²) in [5.74, 6) is 0.841. The molecule has 1 amide bonds. The number of hydrogen-bond donors (Lipinski definition) is 1. The van der Waals surface area contributed by atoms with Gasteiger partial charge in [-0.25, -0.2) is 0 Å². The Morgan fingerprint density at radius 2 is 1.71 bits per heavy atom. The van der Waals surface area contributed by atoms with Gasteiger partial charge >= 0.3 is 0 Å². The maximum atomic E-state index is 13.2. The van der Waals surface area contributed by atoms with Crippen LogP contribution in [0.1, 0.15) is 31.9 Å². The second-order valence-electron chi connectivity index (χ2n) is 8.13. The number of rotatable bonds is 6. The molecule has 0 unspecified atom stereocenters. The van der Waals surface area contributed by atoms with Crippen LogP contribution in [0.25, 0.3) is 0 Å². The summed E-state index contributed by atoms with van der Waals surface area (Å²) in [5.41, 5.74) is 3.33. The van der Waals surface area contributed by atoms with Gasteiger partial charge in [0.25, 0.3) is 5.91 Å². The lowest BCUT2D eigenvalue weighted by molar-refractivity contribution is 0.102. The minimum Gasteiger partial charge on any atom is -0.457 e. The molecule has 34 heavy (non-hydrogen) atoms. The van der Waals surface area contributed by atoms with Crippen molar-refractivity contribution in [3.05, 3.63) is 112 Å². The van der Waals surface area contributed by atoms with Gasteiger partial charge in [-0.2, -0.15) is 5.26 Å². The Morgan fingerprint density at radius 3 is 2.47 bits per heavy atom. The second-order valence-corrected chi connectivity index (χ2v) is 9.24. The van der Waals surface area contributed by atoms with E-state index in [2.05, 4.69) is 40.6 Å². The van der Waals surface area contributed by atoms with Crippen LogP contribution in [0, 0.1) is 11.3 Å². The molecule has 0 radical (unpaired) electrons. The van der Waals surface area contributed by atoms with Gasteiger partial charge in [-0.15, -0.1) is 11.3 Å². The molecule has 1 aliphatic heterocycles. The number of carbonyl (C=O) groups is 1. The molecule has 6 heteroatoms. The zero-order valence-corrected chi connectivity index (χ0v) is 19.3. The lowest BCUT2D eigenvalue weighted by Crippen LogP contribution is -2.29. The highest BCUT2D eigenvalue weighted by atomic mass is 32.1. The molecule has 2 heterocycles. The number of amides is 1. The van der Waals surface area contributed by atoms with Gasteiger partial charge in [0.15, 0.2) is 0 Å². The molecule has 0 saturated carbocycles. The number of benzene rings is 3. The van der Waals surface area contributed by atoms with Gasteiger partial charge in [-0.3, -0.25) is 9.69 Å². The van der Waals surface area contributed by atoms with Gasteiger partial charge in [0.05, 0.1) is 11.1 Å². The molecule has 5 nitrogen and oxygen atoms in total. The van der Waals surface area contributed by atoms with Crippen LogP contribution >= 0.6 is 11.3 Å². The fraction of sp³-hybridized carbons (Fsp3) is 0.143. The van der Waals surface area contributed by atoms with Gasteiger partial charge in [0, 0.05) is 24.5 Å². The van der Waals surface area contributed by atoms with Crippen molar-refractivity contribution < 1.29 is 9.53 Å². The third-order valence-electron chi connectivity index (χ3n) is 5.83. The normalized spacial score (nSPS) is 13.0. The molecule has 0 fully saturated rings. The zero-order chi connectivity index (χ0) is 23.3. The van der Waals surface area contributed by atoms with E-state index in [-0.39, 0.29) is 5.91 Å². The first-order valence-electron chi connectivity index (χ1n) is 11.2. The van der Waals surface area contributed by atoms with Crippen LogP contribution in [0.4, 0.5) is 5.00 Å². The maximum absolute atomic E-state index is 13.2. The smallest absolute Gasteiger partial charge is 0.260 e. The number of para-hydroxylation sites is 2. The van der Waals surface area contributed by atoms with Crippen molar-refractivity contribution >= 4 is 22.2 Å². The Kier molecular flexibility index (Phi) is 6.39. The highest BCUT2D eigenvalue weighted by Crippen LogP contribution is 2.37. The van der Waals surface area contributed by atoms with E-state index < -0.39 is 0 Å². The first-order valence-corrected chi connectivity index (χ1v) is 12.0. The minimum atomic E-state index is -0.289. The average molecular weight is 466 g/mol. The van der Waals surface area contributed by atoms with E-state index in [0.29, 0.717) is 27.6 Å². The van der Waals surface area contributed by atoms with Crippen molar-refractivity contribution in [3.63, 3.8) is 0 Å². The lowest BCUT2D eigenvalue weighted by Gasteiger charge is -2.26. The summed E-state index contributed by atoms with van der Waals surface area (Å²) < 4.78 is 5.95. The SMILES string of the molecule is N#Cc1c(NC(=O)c2ccccc2Oc2ccccc2)sc2c1CCN(Cc1ccccc1)C2. The van der Waals surface area contributed by atoms with Gasteiger partial charge in [-0.1, -0.05) is 60.7 Å². The van der Waals surface area contributed by atoms with E-state index in [1.165, 1.54) is 16.9 Å². The highest BCUT2D eigenvalue weighted by Gasteiger charge is 2.26. The first kappa shape index (κ1) is 21.9. The fourth-order valence-corrected chi connectivity index (χ4v) is 5.40. The largest absolute Gasteiger partial charge is 0.457 e. The minimum absolute atomic E-state index is 0.289. The predicted octanol–water partition coefficient (Wildman–Crippen LogP) is 6.22. The van der Waals surface area contributed by atoms with Gasteiger partial charge in [0.2, 0.25) is 0 Å². The highest BCUT2D eigenvalue weighted by molar-refractivity contribution is 7.16. The molecular weight excluding hydrogens is 442 g/mol. The summed E-state index contributed by atoms with van der Waals surface area (Å²) in [6, 6.07) is 29.2. The molecule has 4 aromatic rings. The van der Waals surface area contributed by atoms with E-state index in [0.717, 1.165) is 36.5 Å². The van der Waals surface area contributed by atoms with Crippen molar-refractivity contribution in [2.45, 2.75) is 19.5 Å². The Labute approximate surface area is 202 Å². The Hall–Kier alpha value is -3.92. The number of hydrogen-bond acceptors (Lipinski definition) is 5. The van der Waals surface area contributed by atoms with Crippen molar-refractivity contribution in [2.75, 3.05) is 11.9 Å². The molecule has 168 valence electrons. The predicted molar refractivity (Wildman–Crippen MR) is 134 cm³/mol. The summed E-state index contributed by atoms with van der Waals surface area (Å²) in [6.07, 6.45) is 0.797. The van der Waals surface area contributed by atoms with Crippen molar-refractivity contribution in [1.29, 1.82) is 5.26 Å². The van der Waals surface area contributed by atoms with E-state index >= 15 is 0 Å². The molecule has 0 saturated heterocycles. The van der Waals surface area contributed by atoms with Crippen molar-refractivity contribution in [1.82, 2.24) is 4.90 Å². The van der Waals surface area contributed by atoms with Crippen molar-refractivity contribution in [2.24, 2.45) is 0 Å². The van der Waals surface area contributed by atoms with Crippen LogP contribution in [-0.4, -0.2) is 17.4 Å². The molecule has 5 rings (SSSR count). The number of ether oxygens (including phenoxy) is 1. The van der Waals surface area contributed by atoms with E-state index in [4.69, 9.17) is 4.74 Å². The number of nitrogens with one attached hydrogen (secondary N) is 1.